The molecule has 0 radical (unpaired) electrons. The molecule has 1 aliphatic rings. The molecule has 0 saturated carbocycles. The molecular weight excluding hydrogens is 470 g/mol. The predicted octanol–water partition coefficient (Wildman–Crippen LogP) is 3.63. The van der Waals surface area contributed by atoms with Gasteiger partial charge in [0.25, 0.3) is 11.1 Å². The number of benzene rings is 2. The number of hydrogen-bond donors (Lipinski definition) is 3. The van der Waals surface area contributed by atoms with E-state index in [9.17, 15) is 19.5 Å². The van der Waals surface area contributed by atoms with Crippen molar-refractivity contribution in [2.24, 2.45) is 0 Å². The van der Waals surface area contributed by atoms with Crippen LogP contribution in [0, 0.1) is 0 Å². The first-order valence-electron chi connectivity index (χ1n) is 11.3. The molecule has 9 nitrogen and oxygen atoms in total. The molecule has 1 aliphatic heterocycles. The van der Waals surface area contributed by atoms with Gasteiger partial charge in [0.2, 0.25) is 0 Å². The molecule has 2 aromatic carbocycles. The lowest BCUT2D eigenvalue weighted by Crippen LogP contribution is -2.43. The van der Waals surface area contributed by atoms with Gasteiger partial charge in [-0.05, 0) is 68.8 Å². The quantitative estimate of drug-likeness (QED) is 0.452. The number of carbonyl (C=O) groups is 3. The fraction of sp³-hybridized carbons (Fsp3) is 0.400. The van der Waals surface area contributed by atoms with Gasteiger partial charge in [0.15, 0.2) is 5.37 Å². The zero-order valence-electron chi connectivity index (χ0n) is 20.0. The molecule has 188 valence electrons. The summed E-state index contributed by atoms with van der Waals surface area (Å²) in [7, 11) is 0. The largest absolute Gasteiger partial charge is 0.491 e. The third kappa shape index (κ3) is 8.80. The number of rotatable bonds is 10. The topological polar surface area (TPSA) is 117 Å². The average molecular weight is 502 g/mol. The van der Waals surface area contributed by atoms with Crippen LogP contribution in [0.2, 0.25) is 0 Å². The van der Waals surface area contributed by atoms with Gasteiger partial charge < -0.3 is 24.8 Å². The maximum Gasteiger partial charge on any atom is 0.410 e. The van der Waals surface area contributed by atoms with Crippen LogP contribution in [0.5, 0.6) is 5.75 Å². The first-order valence-corrected chi connectivity index (χ1v) is 12.2. The average Bonchev–Trinajstić information content (AvgIpc) is 3.12. The molecule has 10 heteroatoms. The molecule has 1 fully saturated rings. The zero-order chi connectivity index (χ0) is 25.4. The number of thioether (sulfide) groups is 1. The summed E-state index contributed by atoms with van der Waals surface area (Å²) in [5.41, 5.74) is 0.993. The van der Waals surface area contributed by atoms with Crippen LogP contribution < -0.4 is 15.4 Å². The zero-order valence-corrected chi connectivity index (χ0v) is 20.8. The van der Waals surface area contributed by atoms with E-state index in [1.165, 1.54) is 4.90 Å². The minimum atomic E-state index is -0.896. The Hall–Kier alpha value is -3.24. The van der Waals surface area contributed by atoms with E-state index < -0.39 is 23.2 Å². The van der Waals surface area contributed by atoms with Crippen molar-refractivity contribution >= 4 is 34.7 Å². The molecule has 0 spiro atoms. The highest BCUT2D eigenvalue weighted by atomic mass is 32.2. The van der Waals surface area contributed by atoms with Crippen LogP contribution in [0.3, 0.4) is 0 Å². The number of para-hydroxylation sites is 1. The maximum atomic E-state index is 12.8. The molecule has 3 N–H and O–H groups in total. The predicted molar refractivity (Wildman–Crippen MR) is 134 cm³/mol. The molecule has 3 rings (SSSR count). The van der Waals surface area contributed by atoms with Crippen molar-refractivity contribution in [2.45, 2.75) is 44.3 Å². The Morgan fingerprint density at radius 2 is 1.83 bits per heavy atom. The van der Waals surface area contributed by atoms with E-state index in [1.54, 1.807) is 32.9 Å². The summed E-state index contributed by atoms with van der Waals surface area (Å²) in [6, 6.07) is 16.5. The first kappa shape index (κ1) is 26.4. The van der Waals surface area contributed by atoms with Crippen molar-refractivity contribution in [3.63, 3.8) is 0 Å². The van der Waals surface area contributed by atoms with E-state index in [0.717, 1.165) is 17.3 Å². The van der Waals surface area contributed by atoms with Gasteiger partial charge in [0.1, 0.15) is 24.1 Å². The summed E-state index contributed by atoms with van der Waals surface area (Å²) in [6.07, 6.45) is -0.876. The van der Waals surface area contributed by atoms with Gasteiger partial charge in [0.05, 0.1) is 6.54 Å². The number of carbonyl (C=O) groups excluding carboxylic acids is 3. The van der Waals surface area contributed by atoms with Gasteiger partial charge in [-0.15, -0.1) is 0 Å². The van der Waals surface area contributed by atoms with Crippen LogP contribution in [-0.4, -0.2) is 64.0 Å². The third-order valence-electron chi connectivity index (χ3n) is 4.88. The molecule has 1 saturated heterocycles. The maximum absolute atomic E-state index is 12.8. The summed E-state index contributed by atoms with van der Waals surface area (Å²) < 4.78 is 11.1. The number of nitrogens with one attached hydrogen (secondary N) is 2. The summed E-state index contributed by atoms with van der Waals surface area (Å²) >= 11 is 0.900. The molecule has 35 heavy (non-hydrogen) atoms. The lowest BCUT2D eigenvalue weighted by molar-refractivity contribution is -0.118. The van der Waals surface area contributed by atoms with Crippen LogP contribution in [0.4, 0.5) is 15.3 Å². The molecule has 2 aromatic rings. The number of hydrogen-bond acceptors (Lipinski definition) is 8. The highest BCUT2D eigenvalue weighted by Gasteiger charge is 2.31. The minimum absolute atomic E-state index is 0.0406. The van der Waals surface area contributed by atoms with E-state index in [1.807, 2.05) is 42.5 Å². The summed E-state index contributed by atoms with van der Waals surface area (Å²) in [6.45, 7) is 5.81. The van der Waals surface area contributed by atoms with Crippen LogP contribution >= 0.6 is 11.8 Å². The molecule has 3 amide bonds. The van der Waals surface area contributed by atoms with Gasteiger partial charge >= 0.3 is 6.09 Å². The van der Waals surface area contributed by atoms with Crippen molar-refractivity contribution in [1.82, 2.24) is 10.2 Å². The highest BCUT2D eigenvalue weighted by Crippen LogP contribution is 2.22. The molecule has 2 atom stereocenters. The van der Waals surface area contributed by atoms with Crippen LogP contribution in [-0.2, 0) is 16.0 Å². The van der Waals surface area contributed by atoms with Gasteiger partial charge in [0, 0.05) is 12.2 Å². The molecule has 1 heterocycles. The van der Waals surface area contributed by atoms with Crippen molar-refractivity contribution in [3.8, 4) is 5.75 Å². The van der Waals surface area contributed by atoms with Crippen LogP contribution in [0.25, 0.3) is 0 Å². The molecule has 0 aromatic heterocycles. The van der Waals surface area contributed by atoms with Crippen molar-refractivity contribution in [3.05, 3.63) is 60.2 Å². The lowest BCUT2D eigenvalue weighted by atomic mass is 10.1. The monoisotopic (exact) mass is 501 g/mol. The lowest BCUT2D eigenvalue weighted by Gasteiger charge is -2.29. The molecule has 0 bridgehead atoms. The number of aliphatic hydroxyl groups is 1. The number of nitrogens with zero attached hydrogens (tertiary/aromatic N) is 1. The Bertz CT molecular complexity index is 1010. The SMILES string of the molecule is CC(C)(C)OC(=O)N(CCc1ccc(NC2SC(=O)NC2=O)cc1)C[C@H](O)COc1ccccc1. The van der Waals surface area contributed by atoms with Gasteiger partial charge in [-0.1, -0.05) is 30.3 Å². The smallest absolute Gasteiger partial charge is 0.410 e. The number of amides is 3. The molecule has 0 aliphatic carbocycles. The normalized spacial score (nSPS) is 16.4. The second-order valence-corrected chi connectivity index (χ2v) is 10.1. The second kappa shape index (κ2) is 11.9. The van der Waals surface area contributed by atoms with Gasteiger partial charge in [-0.2, -0.15) is 0 Å². The van der Waals surface area contributed by atoms with Crippen LogP contribution in [0.1, 0.15) is 26.3 Å². The van der Waals surface area contributed by atoms with Gasteiger partial charge in [-0.25, -0.2) is 4.79 Å². The Kier molecular flexibility index (Phi) is 9.00. The number of anilines is 1. The number of ether oxygens (including phenoxy) is 2. The summed E-state index contributed by atoms with van der Waals surface area (Å²) in [5, 5.41) is 14.7. The van der Waals surface area contributed by atoms with Crippen molar-refractivity contribution < 1.29 is 29.0 Å². The molecule has 1 unspecified atom stereocenters. The second-order valence-electron chi connectivity index (χ2n) is 9.07. The van der Waals surface area contributed by atoms with E-state index in [4.69, 9.17) is 9.47 Å². The third-order valence-corrected chi connectivity index (χ3v) is 5.76. The Morgan fingerprint density at radius 3 is 2.43 bits per heavy atom. The fourth-order valence-corrected chi connectivity index (χ4v) is 3.97. The Morgan fingerprint density at radius 1 is 1.14 bits per heavy atom. The number of imide groups is 1. The van der Waals surface area contributed by atoms with Crippen molar-refractivity contribution in [2.75, 3.05) is 25.0 Å². The highest BCUT2D eigenvalue weighted by molar-refractivity contribution is 8.15. The van der Waals surface area contributed by atoms with E-state index in [0.29, 0.717) is 24.4 Å². The van der Waals surface area contributed by atoms with E-state index in [2.05, 4.69) is 10.6 Å². The summed E-state index contributed by atoms with van der Waals surface area (Å²) in [4.78, 5) is 37.3. The number of aliphatic hydroxyl groups excluding tert-OH is 1. The first-order chi connectivity index (χ1) is 16.6. The summed E-state index contributed by atoms with van der Waals surface area (Å²) in [5.74, 6) is 0.272. The fourth-order valence-electron chi connectivity index (χ4n) is 3.23. The minimum Gasteiger partial charge on any atom is -0.491 e. The van der Waals surface area contributed by atoms with Gasteiger partial charge in [-0.3, -0.25) is 14.9 Å². The standard InChI is InChI=1S/C25H31N3O6S/c1-25(2,3)34-24(32)28(15-19(29)16-33-20-7-5-4-6-8-20)14-13-17-9-11-18(12-10-17)26-22-21(30)27-23(31)35-22/h4-12,19,22,26,29H,13-16H2,1-3H3,(H,27,30,31)/t19-,22?/m0/s1. The molecular formula is C25H31N3O6S. The van der Waals surface area contributed by atoms with Crippen LogP contribution in [0.15, 0.2) is 54.6 Å². The van der Waals surface area contributed by atoms with Crippen molar-refractivity contribution in [1.29, 1.82) is 0 Å². The Balaban J connectivity index is 1.56. The Labute approximate surface area is 209 Å². The van der Waals surface area contributed by atoms with E-state index >= 15 is 0 Å². The van der Waals surface area contributed by atoms with E-state index in [-0.39, 0.29) is 24.3 Å².